The second-order valence-corrected chi connectivity index (χ2v) is 20.5. The SMILES string of the molecule is CC(C)[Si]1(C(C)C)OC[C@H]2O[C@@H](n3c(-c4ccc(F)cc4)cc(=O)[nH]c3=O)C[C@@H]2O[Si](C(C)C)(C(C)C)O1. The molecule has 11 heteroatoms. The smallest absolute Gasteiger partial charge is 0.335 e. The molecule has 1 aromatic heterocycles. The summed E-state index contributed by atoms with van der Waals surface area (Å²) in [6.07, 6.45) is -1.06. The molecule has 8 nitrogen and oxygen atoms in total. The van der Waals surface area contributed by atoms with Crippen molar-refractivity contribution in [3.05, 3.63) is 57.0 Å². The third-order valence-electron chi connectivity index (χ3n) is 7.93. The first-order valence-corrected chi connectivity index (χ1v) is 17.5. The van der Waals surface area contributed by atoms with E-state index < -0.39 is 46.5 Å². The standard InChI is InChI=1S/C27H41FN2O6Si2/c1-16(2)37(17(3)4)33-15-24-23(35-38(36-37,18(5)6)19(7)8)14-26(34-24)30-22(13-25(31)29-27(30)32)20-9-11-21(28)12-10-20/h9-13,16-19,23-24,26H,14-15H2,1-8H3,(H,29,31,32)/t23-,24+,26+/m0/s1. The molecule has 4 rings (SSSR count). The molecule has 2 fully saturated rings. The van der Waals surface area contributed by atoms with Crippen molar-refractivity contribution in [2.45, 2.75) is 102 Å². The third-order valence-corrected chi connectivity index (χ3v) is 18.2. The Bertz CT molecular complexity index is 1230. The number of rotatable bonds is 6. The minimum Gasteiger partial charge on any atom is -0.414 e. The summed E-state index contributed by atoms with van der Waals surface area (Å²) in [5.41, 5.74) is 0.530. The summed E-state index contributed by atoms with van der Waals surface area (Å²) < 4.78 is 42.6. The van der Waals surface area contributed by atoms with Gasteiger partial charge >= 0.3 is 22.8 Å². The number of halogens is 1. The quantitative estimate of drug-likeness (QED) is 0.460. The molecule has 3 atom stereocenters. The van der Waals surface area contributed by atoms with Gasteiger partial charge in [0, 0.05) is 12.5 Å². The summed E-state index contributed by atoms with van der Waals surface area (Å²) in [5.74, 6) is -0.403. The second-order valence-electron chi connectivity index (χ2n) is 11.7. The van der Waals surface area contributed by atoms with E-state index in [2.05, 4.69) is 60.4 Å². The maximum absolute atomic E-state index is 13.6. The van der Waals surface area contributed by atoms with Gasteiger partial charge in [0.25, 0.3) is 5.56 Å². The molecular weight excluding hydrogens is 523 g/mol. The van der Waals surface area contributed by atoms with E-state index in [1.165, 1.54) is 22.8 Å². The van der Waals surface area contributed by atoms with Crippen molar-refractivity contribution in [2.75, 3.05) is 6.61 Å². The maximum atomic E-state index is 13.6. The Labute approximate surface area is 226 Å². The van der Waals surface area contributed by atoms with Gasteiger partial charge in [0.15, 0.2) is 0 Å². The average Bonchev–Trinajstić information content (AvgIpc) is 3.19. The van der Waals surface area contributed by atoms with E-state index in [1.54, 1.807) is 12.1 Å². The third kappa shape index (κ3) is 5.16. The van der Waals surface area contributed by atoms with Gasteiger partial charge in [-0.1, -0.05) is 55.4 Å². The molecule has 0 aliphatic carbocycles. The van der Waals surface area contributed by atoms with Crippen LogP contribution in [-0.2, 0) is 17.7 Å². The van der Waals surface area contributed by atoms with Crippen molar-refractivity contribution >= 4 is 17.1 Å². The molecule has 2 aliphatic rings. The zero-order valence-corrected chi connectivity index (χ0v) is 25.6. The second kappa shape index (κ2) is 10.9. The van der Waals surface area contributed by atoms with Gasteiger partial charge < -0.3 is 17.7 Å². The zero-order chi connectivity index (χ0) is 28.0. The molecule has 2 saturated heterocycles. The minimum atomic E-state index is -2.83. The molecule has 0 amide bonds. The van der Waals surface area contributed by atoms with E-state index in [1.807, 2.05) is 0 Å². The summed E-state index contributed by atoms with van der Waals surface area (Å²) >= 11 is 0. The van der Waals surface area contributed by atoms with Gasteiger partial charge in [0.05, 0.1) is 18.4 Å². The zero-order valence-electron chi connectivity index (χ0n) is 23.6. The molecular formula is C27H41FN2O6Si2. The minimum absolute atomic E-state index is 0.166. The van der Waals surface area contributed by atoms with Crippen LogP contribution in [0.25, 0.3) is 11.3 Å². The van der Waals surface area contributed by atoms with Gasteiger partial charge in [0.2, 0.25) is 0 Å². The van der Waals surface area contributed by atoms with E-state index in [4.69, 9.17) is 17.7 Å². The Balaban J connectivity index is 1.78. The molecule has 3 heterocycles. The topological polar surface area (TPSA) is 91.8 Å². The number of benzene rings is 1. The van der Waals surface area contributed by atoms with E-state index in [-0.39, 0.29) is 28.3 Å². The number of hydrogen-bond acceptors (Lipinski definition) is 6. The van der Waals surface area contributed by atoms with E-state index in [0.717, 1.165) is 0 Å². The number of nitrogens with zero attached hydrogens (tertiary/aromatic N) is 1. The van der Waals surface area contributed by atoms with E-state index in [0.29, 0.717) is 24.3 Å². The lowest BCUT2D eigenvalue weighted by Gasteiger charge is -2.51. The van der Waals surface area contributed by atoms with Gasteiger partial charge in [0.1, 0.15) is 18.1 Å². The molecule has 2 aromatic rings. The molecule has 210 valence electrons. The van der Waals surface area contributed by atoms with Crippen LogP contribution >= 0.6 is 0 Å². The van der Waals surface area contributed by atoms with Crippen LogP contribution in [0.4, 0.5) is 4.39 Å². The number of H-pyrrole nitrogens is 1. The van der Waals surface area contributed by atoms with Crippen LogP contribution in [0.1, 0.15) is 68.0 Å². The predicted molar refractivity (Wildman–Crippen MR) is 149 cm³/mol. The highest BCUT2D eigenvalue weighted by molar-refractivity contribution is 6.83. The van der Waals surface area contributed by atoms with Gasteiger partial charge in [-0.25, -0.2) is 9.18 Å². The normalized spacial score (nSPS) is 25.1. The number of aromatic nitrogens is 2. The Kier molecular flexibility index (Phi) is 8.37. The molecule has 0 radical (unpaired) electrons. The summed E-state index contributed by atoms with van der Waals surface area (Å²) in [6.45, 7) is 17.6. The first kappa shape index (κ1) is 29.1. The highest BCUT2D eigenvalue weighted by atomic mass is 28.5. The summed E-state index contributed by atoms with van der Waals surface area (Å²) in [5, 5.41) is 0. The number of aromatic amines is 1. The van der Waals surface area contributed by atoms with E-state index in [9.17, 15) is 14.0 Å². The van der Waals surface area contributed by atoms with Crippen molar-refractivity contribution in [1.82, 2.24) is 9.55 Å². The van der Waals surface area contributed by atoms with Gasteiger partial charge in [-0.05, 0) is 52.0 Å². The summed E-state index contributed by atoms with van der Waals surface area (Å²) in [7, 11) is -5.56. The Morgan fingerprint density at radius 1 is 0.895 bits per heavy atom. The molecule has 0 bridgehead atoms. The highest BCUT2D eigenvalue weighted by Gasteiger charge is 2.60. The number of nitrogens with one attached hydrogen (secondary N) is 1. The number of hydrogen-bond donors (Lipinski definition) is 1. The van der Waals surface area contributed by atoms with Crippen molar-refractivity contribution in [1.29, 1.82) is 0 Å². The monoisotopic (exact) mass is 564 g/mol. The Morgan fingerprint density at radius 2 is 1.47 bits per heavy atom. The highest BCUT2D eigenvalue weighted by Crippen LogP contribution is 2.48. The van der Waals surface area contributed by atoms with Crippen molar-refractivity contribution in [2.24, 2.45) is 0 Å². The van der Waals surface area contributed by atoms with Crippen LogP contribution in [0.15, 0.2) is 39.9 Å². The van der Waals surface area contributed by atoms with Crippen LogP contribution < -0.4 is 11.2 Å². The number of fused-ring (bicyclic) bond motifs is 1. The lowest BCUT2D eigenvalue weighted by molar-refractivity contribution is -0.0561. The molecule has 1 N–H and O–H groups in total. The summed E-state index contributed by atoms with van der Waals surface area (Å²) in [6, 6.07) is 7.04. The molecule has 2 aliphatic heterocycles. The van der Waals surface area contributed by atoms with Crippen LogP contribution in [0.5, 0.6) is 0 Å². The lowest BCUT2D eigenvalue weighted by atomic mass is 10.1. The van der Waals surface area contributed by atoms with Gasteiger partial charge in [-0.3, -0.25) is 14.3 Å². The van der Waals surface area contributed by atoms with Gasteiger partial charge in [-0.2, -0.15) is 0 Å². The van der Waals surface area contributed by atoms with Crippen molar-refractivity contribution in [3.63, 3.8) is 0 Å². The maximum Gasteiger partial charge on any atom is 0.335 e. The predicted octanol–water partition coefficient (Wildman–Crippen LogP) is 5.59. The van der Waals surface area contributed by atoms with Crippen LogP contribution in [0.3, 0.4) is 0 Å². The van der Waals surface area contributed by atoms with Crippen molar-refractivity contribution < 1.29 is 22.1 Å². The molecule has 38 heavy (non-hydrogen) atoms. The largest absolute Gasteiger partial charge is 0.414 e. The molecule has 0 unspecified atom stereocenters. The fourth-order valence-corrected chi connectivity index (χ4v) is 17.1. The lowest BCUT2D eigenvalue weighted by Crippen LogP contribution is -2.65. The molecule has 1 aromatic carbocycles. The Morgan fingerprint density at radius 3 is 2.03 bits per heavy atom. The van der Waals surface area contributed by atoms with Crippen LogP contribution in [0.2, 0.25) is 22.2 Å². The first-order valence-electron chi connectivity index (χ1n) is 13.6. The van der Waals surface area contributed by atoms with Gasteiger partial charge in [-0.15, -0.1) is 0 Å². The van der Waals surface area contributed by atoms with Crippen LogP contribution in [-0.4, -0.2) is 45.5 Å². The number of ether oxygens (including phenoxy) is 1. The Hall–Kier alpha value is -1.90. The van der Waals surface area contributed by atoms with E-state index >= 15 is 0 Å². The fraction of sp³-hybridized carbons (Fsp3) is 0.630. The average molecular weight is 565 g/mol. The first-order chi connectivity index (χ1) is 17.8. The van der Waals surface area contributed by atoms with Crippen molar-refractivity contribution in [3.8, 4) is 11.3 Å². The van der Waals surface area contributed by atoms with Crippen LogP contribution in [0, 0.1) is 5.82 Å². The summed E-state index contributed by atoms with van der Waals surface area (Å²) in [4.78, 5) is 27.7. The fourth-order valence-electron chi connectivity index (χ4n) is 5.93. The molecule has 0 spiro atoms. The molecule has 0 saturated carbocycles.